The van der Waals surface area contributed by atoms with Crippen molar-refractivity contribution in [3.63, 3.8) is 0 Å². The molecule has 12 heteroatoms. The molecule has 0 saturated carbocycles. The van der Waals surface area contributed by atoms with Gasteiger partial charge in [-0.1, -0.05) is 6.07 Å². The summed E-state index contributed by atoms with van der Waals surface area (Å²) in [5.74, 6) is 0.819. The Morgan fingerprint density at radius 1 is 1.04 bits per heavy atom. The average molecular weight is 416 g/mol. The summed E-state index contributed by atoms with van der Waals surface area (Å²) in [4.78, 5) is 14.3. The Balaban J connectivity index is 1.60. The normalized spacial score (nSPS) is 16.2. The van der Waals surface area contributed by atoms with Crippen molar-refractivity contribution < 1.29 is 21.6 Å². The number of piperazine rings is 1. The van der Waals surface area contributed by atoms with Gasteiger partial charge in [0, 0.05) is 38.4 Å². The number of sulfonamides is 1. The Labute approximate surface area is 160 Å². The molecule has 152 valence electrons. The molecule has 1 N–H and O–H groups in total. The van der Waals surface area contributed by atoms with Crippen LogP contribution in [0.1, 0.15) is 6.42 Å². The highest BCUT2D eigenvalue weighted by atomic mass is 32.2. The van der Waals surface area contributed by atoms with Crippen LogP contribution in [0.3, 0.4) is 0 Å². The van der Waals surface area contributed by atoms with Gasteiger partial charge < -0.3 is 10.2 Å². The number of aromatic nitrogens is 3. The van der Waals surface area contributed by atoms with E-state index < -0.39 is 28.4 Å². The topological polar surface area (TPSA) is 91.3 Å². The molecule has 0 radical (unpaired) electrons. The predicted molar refractivity (Wildman–Crippen MR) is 97.8 cm³/mol. The molecule has 0 aromatic carbocycles. The quantitative estimate of drug-likeness (QED) is 0.770. The fraction of sp³-hybridized carbons (Fsp3) is 0.438. The van der Waals surface area contributed by atoms with Gasteiger partial charge in [0.05, 0.1) is 12.2 Å². The minimum Gasteiger partial charge on any atom is -0.354 e. The molecule has 0 unspecified atom stereocenters. The summed E-state index contributed by atoms with van der Waals surface area (Å²) in [6.45, 7) is 0.858. The summed E-state index contributed by atoms with van der Waals surface area (Å²) in [7, 11) is -3.94. The number of nitrogens with zero attached hydrogens (tertiary/aromatic N) is 5. The van der Waals surface area contributed by atoms with Gasteiger partial charge in [0.25, 0.3) is 0 Å². The van der Waals surface area contributed by atoms with Crippen LogP contribution in [0.5, 0.6) is 0 Å². The first kappa shape index (κ1) is 20.3. The maximum absolute atomic E-state index is 12.3. The van der Waals surface area contributed by atoms with E-state index in [4.69, 9.17) is 0 Å². The molecule has 1 aliphatic heterocycles. The first-order chi connectivity index (χ1) is 13.2. The first-order valence-electron chi connectivity index (χ1n) is 8.53. The van der Waals surface area contributed by atoms with Crippen LogP contribution in [0.15, 0.2) is 36.8 Å². The summed E-state index contributed by atoms with van der Waals surface area (Å²) in [6.07, 6.45) is -2.81. The molecule has 0 atom stereocenters. The predicted octanol–water partition coefficient (Wildman–Crippen LogP) is 2.02. The van der Waals surface area contributed by atoms with Gasteiger partial charge in [-0.05, 0) is 12.1 Å². The molecule has 0 spiro atoms. The monoisotopic (exact) mass is 416 g/mol. The van der Waals surface area contributed by atoms with Crippen LogP contribution in [0.4, 0.5) is 30.6 Å². The zero-order valence-corrected chi connectivity index (χ0v) is 15.6. The Hall–Kier alpha value is -2.47. The zero-order valence-electron chi connectivity index (χ0n) is 14.8. The number of pyridine rings is 1. The van der Waals surface area contributed by atoms with Crippen molar-refractivity contribution in [2.24, 2.45) is 0 Å². The van der Waals surface area contributed by atoms with Gasteiger partial charge in [-0.3, -0.25) is 0 Å². The summed E-state index contributed by atoms with van der Waals surface area (Å²) >= 11 is 0. The maximum atomic E-state index is 12.3. The van der Waals surface area contributed by atoms with Crippen LogP contribution in [0, 0.1) is 0 Å². The molecule has 3 rings (SSSR count). The van der Waals surface area contributed by atoms with Gasteiger partial charge in [-0.2, -0.15) is 17.5 Å². The molecule has 1 saturated heterocycles. The van der Waals surface area contributed by atoms with Gasteiger partial charge in [-0.25, -0.2) is 23.4 Å². The lowest BCUT2D eigenvalue weighted by Gasteiger charge is -2.34. The molecule has 1 aliphatic rings. The fourth-order valence-electron chi connectivity index (χ4n) is 2.73. The molecule has 28 heavy (non-hydrogen) atoms. The molecule has 1 fully saturated rings. The second-order valence-electron chi connectivity index (χ2n) is 6.17. The van der Waals surface area contributed by atoms with E-state index in [1.165, 1.54) is 6.33 Å². The van der Waals surface area contributed by atoms with E-state index in [0.29, 0.717) is 30.5 Å². The smallest absolute Gasteiger partial charge is 0.354 e. The Kier molecular flexibility index (Phi) is 5.98. The van der Waals surface area contributed by atoms with Crippen molar-refractivity contribution in [2.45, 2.75) is 12.6 Å². The van der Waals surface area contributed by atoms with Crippen molar-refractivity contribution >= 4 is 27.5 Å². The number of alkyl halides is 3. The van der Waals surface area contributed by atoms with Crippen LogP contribution in [0.2, 0.25) is 0 Å². The summed E-state index contributed by atoms with van der Waals surface area (Å²) < 4.78 is 62.2. The Morgan fingerprint density at radius 3 is 2.43 bits per heavy atom. The molecule has 2 aromatic rings. The average Bonchev–Trinajstić information content (AvgIpc) is 2.67. The van der Waals surface area contributed by atoms with Crippen LogP contribution >= 0.6 is 0 Å². The third-order valence-electron chi connectivity index (χ3n) is 4.17. The van der Waals surface area contributed by atoms with E-state index in [1.54, 1.807) is 24.4 Å². The molecule has 0 amide bonds. The third-order valence-corrected chi connectivity index (χ3v) is 6.05. The second-order valence-corrected chi connectivity index (χ2v) is 8.26. The number of hydrogen-bond acceptors (Lipinski definition) is 7. The van der Waals surface area contributed by atoms with E-state index >= 15 is 0 Å². The van der Waals surface area contributed by atoms with Crippen molar-refractivity contribution in [3.05, 3.63) is 36.8 Å². The van der Waals surface area contributed by atoms with Crippen LogP contribution in [-0.4, -0.2) is 65.8 Å². The van der Waals surface area contributed by atoms with Gasteiger partial charge in [0.15, 0.2) is 0 Å². The number of nitrogens with one attached hydrogen (secondary N) is 1. The first-order valence-corrected chi connectivity index (χ1v) is 10.1. The summed E-state index contributed by atoms with van der Waals surface area (Å²) in [5, 5.41) is 3.05. The Morgan fingerprint density at radius 2 is 1.79 bits per heavy atom. The third kappa shape index (κ3) is 5.52. The van der Waals surface area contributed by atoms with Crippen molar-refractivity contribution in [1.82, 2.24) is 19.3 Å². The van der Waals surface area contributed by atoms with Crippen LogP contribution in [0.25, 0.3) is 0 Å². The highest BCUT2D eigenvalue weighted by Crippen LogP contribution is 2.23. The molecular weight excluding hydrogens is 397 g/mol. The van der Waals surface area contributed by atoms with Crippen molar-refractivity contribution in [3.8, 4) is 0 Å². The highest BCUT2D eigenvalue weighted by molar-refractivity contribution is 7.89. The molecule has 8 nitrogen and oxygen atoms in total. The Bertz CT molecular complexity index is 887. The largest absolute Gasteiger partial charge is 0.390 e. The number of hydrogen-bond donors (Lipinski definition) is 1. The molecule has 3 heterocycles. The van der Waals surface area contributed by atoms with E-state index in [0.717, 1.165) is 4.31 Å². The summed E-state index contributed by atoms with van der Waals surface area (Å²) in [5.41, 5.74) is 0. The molecule has 0 aliphatic carbocycles. The number of anilines is 3. The summed E-state index contributed by atoms with van der Waals surface area (Å²) in [6, 6.07) is 7.11. The second kappa shape index (κ2) is 8.27. The van der Waals surface area contributed by atoms with Gasteiger partial charge in [-0.15, -0.1) is 0 Å². The minimum absolute atomic E-state index is 0.104. The zero-order chi connectivity index (χ0) is 20.2. The minimum atomic E-state index is -4.49. The van der Waals surface area contributed by atoms with Crippen molar-refractivity contribution in [1.29, 1.82) is 0 Å². The van der Waals surface area contributed by atoms with Crippen LogP contribution in [-0.2, 0) is 10.0 Å². The van der Waals surface area contributed by atoms with Crippen molar-refractivity contribution in [2.75, 3.05) is 42.1 Å². The van der Waals surface area contributed by atoms with E-state index in [1.807, 2.05) is 11.0 Å². The molecule has 2 aromatic heterocycles. The number of rotatable bonds is 6. The van der Waals surface area contributed by atoms with E-state index in [2.05, 4.69) is 20.3 Å². The highest BCUT2D eigenvalue weighted by Gasteiger charge is 2.33. The van der Waals surface area contributed by atoms with E-state index in [9.17, 15) is 21.6 Å². The maximum Gasteiger partial charge on any atom is 0.390 e. The molecular formula is C16H19F3N6O2S. The SMILES string of the molecule is O=S(=O)(CCC(F)(F)F)N1CCN(c2cc(Nc3ccccn3)ncn2)CC1. The standard InChI is InChI=1S/C16H19F3N6O2S/c17-16(18,19)4-10-28(26,27)25-8-6-24(7-9-25)15-11-14(21-12-22-15)23-13-3-1-2-5-20-13/h1-3,5,11-12H,4,6-10H2,(H,20,21,22,23). The lowest BCUT2D eigenvalue weighted by molar-refractivity contribution is -0.130. The lowest BCUT2D eigenvalue weighted by atomic mass is 10.3. The van der Waals surface area contributed by atoms with Gasteiger partial charge in [0.2, 0.25) is 10.0 Å². The van der Waals surface area contributed by atoms with Gasteiger partial charge in [0.1, 0.15) is 23.8 Å². The molecule has 0 bridgehead atoms. The van der Waals surface area contributed by atoms with Crippen LogP contribution < -0.4 is 10.2 Å². The van der Waals surface area contributed by atoms with Gasteiger partial charge >= 0.3 is 6.18 Å². The fourth-order valence-corrected chi connectivity index (χ4v) is 4.19. The lowest BCUT2D eigenvalue weighted by Crippen LogP contribution is -2.49. The van der Waals surface area contributed by atoms with E-state index in [-0.39, 0.29) is 13.1 Å². The number of halogens is 3.